The zero-order valence-electron chi connectivity index (χ0n) is 11.3. The van der Waals surface area contributed by atoms with Crippen LogP contribution >= 0.6 is 23.2 Å². The molecule has 1 aromatic heterocycles. The standard InChI is InChI=1S/C13H12Cl2FNO4/c1-3-20-6-7(13(19)21-4-2)11(18)9-10(16)8(14)5-17-12(9)15/h5-6H,3-4H2,1-2H3. The molecule has 1 heterocycles. The molecule has 21 heavy (non-hydrogen) atoms. The number of carbonyl (C=O) groups is 2. The third kappa shape index (κ3) is 4.15. The lowest BCUT2D eigenvalue weighted by molar-refractivity contribution is -0.138. The summed E-state index contributed by atoms with van der Waals surface area (Å²) in [6, 6.07) is 0. The highest BCUT2D eigenvalue weighted by molar-refractivity contribution is 6.37. The molecule has 0 aliphatic rings. The predicted octanol–water partition coefficient (Wildman–Crippen LogP) is 3.19. The van der Waals surface area contributed by atoms with Crippen molar-refractivity contribution < 1.29 is 23.5 Å². The van der Waals surface area contributed by atoms with Crippen LogP contribution in [0.25, 0.3) is 0 Å². The first-order valence-corrected chi connectivity index (χ1v) is 6.72. The van der Waals surface area contributed by atoms with Gasteiger partial charge in [0.15, 0.2) is 5.82 Å². The lowest BCUT2D eigenvalue weighted by Crippen LogP contribution is -2.18. The lowest BCUT2D eigenvalue weighted by Gasteiger charge is -2.09. The number of hydrogen-bond acceptors (Lipinski definition) is 5. The van der Waals surface area contributed by atoms with Gasteiger partial charge in [-0.1, -0.05) is 23.2 Å². The largest absolute Gasteiger partial charge is 0.500 e. The van der Waals surface area contributed by atoms with Crippen LogP contribution < -0.4 is 0 Å². The second-order valence-corrected chi connectivity index (χ2v) is 4.39. The summed E-state index contributed by atoms with van der Waals surface area (Å²) in [5.41, 5.74) is -1.10. The molecule has 1 aromatic rings. The molecule has 0 saturated carbocycles. The summed E-state index contributed by atoms with van der Waals surface area (Å²) in [5.74, 6) is -3.03. The van der Waals surface area contributed by atoms with Crippen LogP contribution in [-0.4, -0.2) is 30.0 Å². The normalized spacial score (nSPS) is 11.2. The molecule has 0 spiro atoms. The van der Waals surface area contributed by atoms with Crippen LogP contribution in [0.2, 0.25) is 10.2 Å². The average Bonchev–Trinajstić information content (AvgIpc) is 2.44. The minimum Gasteiger partial charge on any atom is -0.500 e. The number of ether oxygens (including phenoxy) is 2. The molecule has 0 saturated heterocycles. The summed E-state index contributed by atoms with van der Waals surface area (Å²) in [6.07, 6.45) is 1.86. The molecular weight excluding hydrogens is 324 g/mol. The van der Waals surface area contributed by atoms with Crippen LogP contribution in [0.15, 0.2) is 18.0 Å². The molecule has 0 aliphatic carbocycles. The second-order valence-electron chi connectivity index (χ2n) is 3.62. The maximum atomic E-state index is 13.9. The van der Waals surface area contributed by atoms with E-state index in [0.29, 0.717) is 0 Å². The SMILES string of the molecule is CCOC=C(C(=O)OCC)C(=O)c1c(Cl)ncc(Cl)c1F. The number of halogens is 3. The van der Waals surface area contributed by atoms with Gasteiger partial charge >= 0.3 is 5.97 Å². The molecule has 0 radical (unpaired) electrons. The molecule has 0 atom stereocenters. The lowest BCUT2D eigenvalue weighted by atomic mass is 10.1. The number of carbonyl (C=O) groups excluding carboxylic acids is 2. The number of esters is 1. The van der Waals surface area contributed by atoms with Gasteiger partial charge in [0, 0.05) is 0 Å². The molecule has 5 nitrogen and oxygen atoms in total. The minimum absolute atomic E-state index is 0.0413. The van der Waals surface area contributed by atoms with E-state index in [1.807, 2.05) is 0 Å². The van der Waals surface area contributed by atoms with Crippen LogP contribution in [0.4, 0.5) is 4.39 Å². The van der Waals surface area contributed by atoms with Gasteiger partial charge in [0.1, 0.15) is 17.0 Å². The Morgan fingerprint density at radius 2 is 2.00 bits per heavy atom. The Morgan fingerprint density at radius 3 is 2.57 bits per heavy atom. The van der Waals surface area contributed by atoms with Gasteiger partial charge in [-0.25, -0.2) is 14.2 Å². The Hall–Kier alpha value is -1.66. The van der Waals surface area contributed by atoms with Crippen molar-refractivity contribution in [3.8, 4) is 0 Å². The molecule has 0 unspecified atom stereocenters. The zero-order chi connectivity index (χ0) is 16.0. The van der Waals surface area contributed by atoms with Crippen molar-refractivity contribution in [3.05, 3.63) is 39.6 Å². The summed E-state index contributed by atoms with van der Waals surface area (Å²) in [6.45, 7) is 3.47. The van der Waals surface area contributed by atoms with Crippen molar-refractivity contribution >= 4 is 35.0 Å². The van der Waals surface area contributed by atoms with Crippen LogP contribution in [0.5, 0.6) is 0 Å². The molecule has 8 heteroatoms. The number of aromatic nitrogens is 1. The Bertz CT molecular complexity index is 590. The van der Waals surface area contributed by atoms with Crippen LogP contribution in [0, 0.1) is 5.82 Å². The summed E-state index contributed by atoms with van der Waals surface area (Å²) >= 11 is 11.3. The third-order valence-electron chi connectivity index (χ3n) is 2.26. The quantitative estimate of drug-likeness (QED) is 0.152. The van der Waals surface area contributed by atoms with E-state index in [1.54, 1.807) is 13.8 Å². The first kappa shape index (κ1) is 17.4. The average molecular weight is 336 g/mol. The first-order chi connectivity index (χ1) is 9.93. The van der Waals surface area contributed by atoms with Gasteiger partial charge in [0.05, 0.1) is 30.0 Å². The van der Waals surface area contributed by atoms with E-state index >= 15 is 0 Å². The molecule has 0 amide bonds. The summed E-state index contributed by atoms with van der Waals surface area (Å²) in [4.78, 5) is 27.6. The van der Waals surface area contributed by atoms with E-state index in [1.165, 1.54) is 0 Å². The Labute approximate surface area is 130 Å². The Balaban J connectivity index is 3.30. The maximum absolute atomic E-state index is 13.9. The zero-order valence-corrected chi connectivity index (χ0v) is 12.8. The fourth-order valence-electron chi connectivity index (χ4n) is 1.34. The molecule has 0 fully saturated rings. The predicted molar refractivity (Wildman–Crippen MR) is 74.9 cm³/mol. The molecule has 114 valence electrons. The smallest absolute Gasteiger partial charge is 0.345 e. The first-order valence-electron chi connectivity index (χ1n) is 5.97. The molecule has 0 bridgehead atoms. The van der Waals surface area contributed by atoms with Crippen LogP contribution in [0.1, 0.15) is 24.2 Å². The highest BCUT2D eigenvalue weighted by Crippen LogP contribution is 2.26. The van der Waals surface area contributed by atoms with Gasteiger partial charge in [0.25, 0.3) is 0 Å². The molecule has 0 aromatic carbocycles. The maximum Gasteiger partial charge on any atom is 0.345 e. The minimum atomic E-state index is -1.06. The number of Topliss-reactive ketones (excluding diaryl/α,β-unsaturated/α-hetero) is 1. The molecule has 0 aliphatic heterocycles. The van der Waals surface area contributed by atoms with Gasteiger partial charge < -0.3 is 9.47 Å². The number of nitrogens with zero attached hydrogens (tertiary/aromatic N) is 1. The number of ketones is 1. The van der Waals surface area contributed by atoms with Gasteiger partial charge in [-0.2, -0.15) is 0 Å². The fraction of sp³-hybridized carbons (Fsp3) is 0.308. The highest BCUT2D eigenvalue weighted by atomic mass is 35.5. The molecule has 1 rings (SSSR count). The third-order valence-corrected chi connectivity index (χ3v) is 2.81. The fourth-order valence-corrected chi connectivity index (χ4v) is 1.70. The number of pyridine rings is 1. The van der Waals surface area contributed by atoms with E-state index in [9.17, 15) is 14.0 Å². The van der Waals surface area contributed by atoms with Gasteiger partial charge in [-0.3, -0.25) is 4.79 Å². The van der Waals surface area contributed by atoms with Crippen LogP contribution in [0.3, 0.4) is 0 Å². The highest BCUT2D eigenvalue weighted by Gasteiger charge is 2.28. The Morgan fingerprint density at radius 1 is 1.33 bits per heavy atom. The van der Waals surface area contributed by atoms with E-state index in [0.717, 1.165) is 12.5 Å². The van der Waals surface area contributed by atoms with Gasteiger partial charge in [-0.15, -0.1) is 0 Å². The van der Waals surface area contributed by atoms with Crippen molar-refractivity contribution in [2.24, 2.45) is 0 Å². The summed E-state index contributed by atoms with van der Waals surface area (Å²) in [5, 5.41) is -0.795. The summed E-state index contributed by atoms with van der Waals surface area (Å²) in [7, 11) is 0. The Kier molecular flexibility index (Phi) is 6.58. The number of hydrogen-bond donors (Lipinski definition) is 0. The second kappa shape index (κ2) is 7.95. The van der Waals surface area contributed by atoms with Crippen molar-refractivity contribution in [2.75, 3.05) is 13.2 Å². The molecule has 0 N–H and O–H groups in total. The monoisotopic (exact) mass is 335 g/mol. The summed E-state index contributed by atoms with van der Waals surface area (Å²) < 4.78 is 23.6. The topological polar surface area (TPSA) is 65.5 Å². The van der Waals surface area contributed by atoms with E-state index < -0.39 is 33.9 Å². The van der Waals surface area contributed by atoms with E-state index in [4.69, 9.17) is 32.7 Å². The van der Waals surface area contributed by atoms with Crippen molar-refractivity contribution in [1.82, 2.24) is 4.98 Å². The van der Waals surface area contributed by atoms with Gasteiger partial charge in [0.2, 0.25) is 5.78 Å². The van der Waals surface area contributed by atoms with Gasteiger partial charge in [-0.05, 0) is 13.8 Å². The van der Waals surface area contributed by atoms with Crippen molar-refractivity contribution in [1.29, 1.82) is 0 Å². The molecular formula is C13H12Cl2FNO4. The van der Waals surface area contributed by atoms with Crippen LogP contribution in [-0.2, 0) is 14.3 Å². The van der Waals surface area contributed by atoms with Crippen molar-refractivity contribution in [3.63, 3.8) is 0 Å². The van der Waals surface area contributed by atoms with E-state index in [-0.39, 0.29) is 18.2 Å². The van der Waals surface area contributed by atoms with E-state index in [2.05, 4.69) is 4.98 Å². The van der Waals surface area contributed by atoms with Crippen molar-refractivity contribution in [2.45, 2.75) is 13.8 Å². The number of rotatable bonds is 6.